The molecule has 118 valence electrons. The fraction of sp³-hybridized carbons (Fsp3) is 0.636. The fourth-order valence-corrected chi connectivity index (χ4v) is 2.98. The lowest BCUT2D eigenvalue weighted by Gasteiger charge is -2.29. The van der Waals surface area contributed by atoms with Crippen molar-refractivity contribution >= 4 is 29.0 Å². The third-order valence-corrected chi connectivity index (χ3v) is 4.41. The lowest BCUT2D eigenvalue weighted by Crippen LogP contribution is -2.50. The molecule has 8 nitrogen and oxygen atoms in total. The Kier molecular flexibility index (Phi) is 4.36. The SMILES string of the molecule is C[C@@]1(Cl)[C@H](O)[C@](CO)(CCl)O[C@H]1n1ccc(N)n/c1=N\O. The minimum atomic E-state index is -1.43. The maximum Gasteiger partial charge on any atom is 0.270 e. The highest BCUT2D eigenvalue weighted by Crippen LogP contribution is 2.48. The van der Waals surface area contributed by atoms with E-state index in [9.17, 15) is 10.2 Å². The van der Waals surface area contributed by atoms with Gasteiger partial charge in [0.2, 0.25) is 0 Å². The lowest BCUT2D eigenvalue weighted by atomic mass is 9.92. The zero-order valence-corrected chi connectivity index (χ0v) is 12.7. The van der Waals surface area contributed by atoms with Gasteiger partial charge in [0.1, 0.15) is 22.4 Å². The molecule has 10 heteroatoms. The number of nitrogens with two attached hydrogens (primary N) is 1. The van der Waals surface area contributed by atoms with Crippen molar-refractivity contribution in [2.24, 2.45) is 5.16 Å². The molecule has 0 aromatic carbocycles. The Balaban J connectivity index is 2.55. The summed E-state index contributed by atoms with van der Waals surface area (Å²) in [5.74, 6) is -0.0301. The molecular formula is C11H16Cl2N4O4. The summed E-state index contributed by atoms with van der Waals surface area (Å²) in [7, 11) is 0. The first-order chi connectivity index (χ1) is 9.82. The van der Waals surface area contributed by atoms with E-state index in [-0.39, 0.29) is 17.3 Å². The lowest BCUT2D eigenvalue weighted by molar-refractivity contribution is -0.115. The Morgan fingerprint density at radius 1 is 1.62 bits per heavy atom. The van der Waals surface area contributed by atoms with E-state index in [1.165, 1.54) is 23.8 Å². The number of nitrogens with zero attached hydrogens (tertiary/aromatic N) is 3. The number of aliphatic hydroxyl groups is 2. The molecule has 0 radical (unpaired) electrons. The average molecular weight is 339 g/mol. The van der Waals surface area contributed by atoms with Gasteiger partial charge in [-0.15, -0.1) is 23.2 Å². The molecule has 1 saturated heterocycles. The zero-order valence-electron chi connectivity index (χ0n) is 11.1. The van der Waals surface area contributed by atoms with Gasteiger partial charge in [0.25, 0.3) is 5.62 Å². The summed E-state index contributed by atoms with van der Waals surface area (Å²) in [4.78, 5) is 2.50. The summed E-state index contributed by atoms with van der Waals surface area (Å²) in [5.41, 5.74) is 3.95. The summed E-state index contributed by atoms with van der Waals surface area (Å²) in [6.45, 7) is 1.00. The predicted molar refractivity (Wildman–Crippen MR) is 74.9 cm³/mol. The molecule has 0 amide bonds. The second kappa shape index (κ2) is 5.62. The highest BCUT2D eigenvalue weighted by Gasteiger charge is 2.61. The number of aromatic nitrogens is 2. The van der Waals surface area contributed by atoms with Crippen molar-refractivity contribution in [1.29, 1.82) is 0 Å². The number of anilines is 1. The molecule has 0 aliphatic carbocycles. The van der Waals surface area contributed by atoms with Crippen LogP contribution in [-0.2, 0) is 4.74 Å². The number of aliphatic hydroxyl groups excluding tert-OH is 2. The molecule has 2 heterocycles. The summed E-state index contributed by atoms with van der Waals surface area (Å²) < 4.78 is 6.99. The van der Waals surface area contributed by atoms with Crippen LogP contribution in [0.1, 0.15) is 13.2 Å². The summed E-state index contributed by atoms with van der Waals surface area (Å²) >= 11 is 12.2. The Morgan fingerprint density at radius 2 is 2.29 bits per heavy atom. The normalized spacial score (nSPS) is 37.1. The fourth-order valence-electron chi connectivity index (χ4n) is 2.34. The van der Waals surface area contributed by atoms with Crippen molar-refractivity contribution in [2.45, 2.75) is 29.7 Å². The number of ether oxygens (including phenoxy) is 1. The molecule has 1 aromatic rings. The van der Waals surface area contributed by atoms with Crippen molar-refractivity contribution < 1.29 is 20.2 Å². The standard InChI is InChI=1S/C11H16Cl2N4O4/c1-10(13)7(19)11(4-12,5-18)21-8(10)17-3-2-6(14)15-9(17)16-20/h2-3,7-8,18-20H,4-5H2,1H3,(H2,14,15,16)/t7-,8+,10+,11+/m0/s1. The topological polar surface area (TPSA) is 126 Å². The number of hydrogen-bond acceptors (Lipinski definition) is 7. The van der Waals surface area contributed by atoms with Crippen molar-refractivity contribution in [2.75, 3.05) is 18.2 Å². The molecule has 1 aromatic heterocycles. The monoisotopic (exact) mass is 338 g/mol. The number of rotatable bonds is 3. The van der Waals surface area contributed by atoms with Crippen LogP contribution >= 0.6 is 23.2 Å². The van der Waals surface area contributed by atoms with Crippen LogP contribution in [0.5, 0.6) is 0 Å². The van der Waals surface area contributed by atoms with E-state index in [4.69, 9.17) is 38.9 Å². The van der Waals surface area contributed by atoms with Crippen LogP contribution in [0.15, 0.2) is 17.4 Å². The first-order valence-electron chi connectivity index (χ1n) is 6.07. The van der Waals surface area contributed by atoms with Crippen LogP contribution in [0.4, 0.5) is 5.82 Å². The molecule has 0 bridgehead atoms. The summed E-state index contributed by atoms with van der Waals surface area (Å²) in [5, 5.41) is 31.9. The Morgan fingerprint density at radius 3 is 2.76 bits per heavy atom. The van der Waals surface area contributed by atoms with E-state index in [0.717, 1.165) is 0 Å². The maximum atomic E-state index is 10.4. The van der Waals surface area contributed by atoms with Gasteiger partial charge in [0, 0.05) is 6.20 Å². The van der Waals surface area contributed by atoms with Crippen LogP contribution in [0, 0.1) is 0 Å². The quantitative estimate of drug-likeness (QED) is 0.338. The van der Waals surface area contributed by atoms with Gasteiger partial charge in [-0.3, -0.25) is 4.57 Å². The van der Waals surface area contributed by atoms with Gasteiger partial charge in [0.15, 0.2) is 6.23 Å². The number of halogens is 2. The Hall–Kier alpha value is -1.06. The van der Waals surface area contributed by atoms with E-state index >= 15 is 0 Å². The number of alkyl halides is 2. The minimum Gasteiger partial charge on any atom is -0.408 e. The average Bonchev–Trinajstić information content (AvgIpc) is 2.68. The smallest absolute Gasteiger partial charge is 0.270 e. The molecular weight excluding hydrogens is 323 g/mol. The van der Waals surface area contributed by atoms with Crippen LogP contribution in [0.3, 0.4) is 0 Å². The van der Waals surface area contributed by atoms with Gasteiger partial charge in [-0.2, -0.15) is 4.98 Å². The van der Waals surface area contributed by atoms with Crippen molar-refractivity contribution in [3.63, 3.8) is 0 Å². The number of hydrogen-bond donors (Lipinski definition) is 4. The Bertz CT molecular complexity index is 588. The molecule has 2 rings (SSSR count). The van der Waals surface area contributed by atoms with Crippen LogP contribution in [-0.4, -0.2) is 54.0 Å². The maximum absolute atomic E-state index is 10.4. The highest BCUT2D eigenvalue weighted by molar-refractivity contribution is 6.25. The van der Waals surface area contributed by atoms with Gasteiger partial charge in [-0.05, 0) is 18.1 Å². The summed E-state index contributed by atoms with van der Waals surface area (Å²) in [6, 6.07) is 1.46. The van der Waals surface area contributed by atoms with E-state index in [1.807, 2.05) is 0 Å². The van der Waals surface area contributed by atoms with Gasteiger partial charge in [0.05, 0.1) is 12.5 Å². The molecule has 0 unspecified atom stereocenters. The van der Waals surface area contributed by atoms with E-state index < -0.39 is 29.4 Å². The van der Waals surface area contributed by atoms with Crippen LogP contribution in [0.25, 0.3) is 0 Å². The first kappa shape index (κ1) is 16.3. The molecule has 1 aliphatic rings. The van der Waals surface area contributed by atoms with E-state index in [2.05, 4.69) is 10.1 Å². The minimum absolute atomic E-state index is 0.139. The van der Waals surface area contributed by atoms with Crippen LogP contribution in [0.2, 0.25) is 0 Å². The largest absolute Gasteiger partial charge is 0.408 e. The van der Waals surface area contributed by atoms with E-state index in [1.54, 1.807) is 0 Å². The number of nitrogen functional groups attached to an aromatic ring is 1. The molecule has 21 heavy (non-hydrogen) atoms. The third kappa shape index (κ3) is 2.47. The second-order valence-electron chi connectivity index (χ2n) is 5.04. The molecule has 1 fully saturated rings. The molecule has 0 spiro atoms. The first-order valence-corrected chi connectivity index (χ1v) is 6.98. The molecule has 1 aliphatic heterocycles. The van der Waals surface area contributed by atoms with E-state index in [0.29, 0.717) is 0 Å². The highest BCUT2D eigenvalue weighted by atomic mass is 35.5. The van der Waals surface area contributed by atoms with Gasteiger partial charge in [-0.25, -0.2) is 0 Å². The zero-order chi connectivity index (χ0) is 15.8. The second-order valence-corrected chi connectivity index (χ2v) is 6.12. The molecule has 0 saturated carbocycles. The van der Waals surface area contributed by atoms with Crippen molar-refractivity contribution in [3.05, 3.63) is 17.9 Å². The Labute approximate surface area is 130 Å². The van der Waals surface area contributed by atoms with Crippen LogP contribution < -0.4 is 11.4 Å². The van der Waals surface area contributed by atoms with Crippen molar-refractivity contribution in [3.8, 4) is 0 Å². The summed E-state index contributed by atoms with van der Waals surface area (Å²) in [6.07, 6.45) is -0.772. The van der Waals surface area contributed by atoms with Gasteiger partial charge >= 0.3 is 0 Å². The van der Waals surface area contributed by atoms with Gasteiger partial charge < -0.3 is 25.9 Å². The van der Waals surface area contributed by atoms with Crippen molar-refractivity contribution in [1.82, 2.24) is 9.55 Å². The van der Waals surface area contributed by atoms with Gasteiger partial charge in [-0.1, -0.05) is 0 Å². The molecule has 4 atom stereocenters. The third-order valence-electron chi connectivity index (χ3n) is 3.56. The predicted octanol–water partition coefficient (Wildman–Crippen LogP) is -0.388. The molecule has 5 N–H and O–H groups in total.